The molecule has 0 aliphatic rings. The highest BCUT2D eigenvalue weighted by atomic mass is 15.2. The first-order valence-electron chi connectivity index (χ1n) is 4.89. The van der Waals surface area contributed by atoms with E-state index in [-0.39, 0.29) is 0 Å². The molecule has 0 bridgehead atoms. The minimum atomic E-state index is 1.02. The summed E-state index contributed by atoms with van der Waals surface area (Å²) in [5.74, 6) is 0. The molecular weight excluding hydrogens is 174 g/mol. The molecule has 14 heavy (non-hydrogen) atoms. The molecule has 0 unspecified atom stereocenters. The third-order valence-corrected chi connectivity index (χ3v) is 2.31. The molecule has 0 aromatic carbocycles. The molecule has 2 heterocycles. The van der Waals surface area contributed by atoms with Gasteiger partial charge in [-0.2, -0.15) is 5.10 Å². The van der Waals surface area contributed by atoms with Gasteiger partial charge in [-0.1, -0.05) is 0 Å². The zero-order valence-corrected chi connectivity index (χ0v) is 8.62. The van der Waals surface area contributed by atoms with Crippen molar-refractivity contribution in [3.63, 3.8) is 0 Å². The molecule has 3 heteroatoms. The van der Waals surface area contributed by atoms with Crippen LogP contribution in [0.3, 0.4) is 0 Å². The van der Waals surface area contributed by atoms with E-state index in [9.17, 15) is 0 Å². The second-order valence-electron chi connectivity index (χ2n) is 3.54. The lowest BCUT2D eigenvalue weighted by Gasteiger charge is -2.00. The Hall–Kier alpha value is -1.35. The van der Waals surface area contributed by atoms with Crippen LogP contribution in [0.1, 0.15) is 11.3 Å². The molecule has 0 aliphatic heterocycles. The summed E-state index contributed by atoms with van der Waals surface area (Å²) in [6.45, 7) is 3.03. The van der Waals surface area contributed by atoms with Crippen LogP contribution in [0.15, 0.2) is 24.4 Å². The Morgan fingerprint density at radius 1 is 1.43 bits per heavy atom. The summed E-state index contributed by atoms with van der Waals surface area (Å²) in [6, 6.07) is 6.41. The van der Waals surface area contributed by atoms with E-state index in [1.54, 1.807) is 0 Å². The second-order valence-corrected chi connectivity index (χ2v) is 3.54. The van der Waals surface area contributed by atoms with Gasteiger partial charge in [0.25, 0.3) is 0 Å². The van der Waals surface area contributed by atoms with Gasteiger partial charge in [0.1, 0.15) is 0 Å². The third kappa shape index (κ3) is 1.77. The first kappa shape index (κ1) is 9.21. The number of hydrogen-bond donors (Lipinski definition) is 1. The summed E-state index contributed by atoms with van der Waals surface area (Å²) in [7, 11) is 1.97. The zero-order chi connectivity index (χ0) is 9.97. The van der Waals surface area contributed by atoms with Crippen molar-refractivity contribution in [1.82, 2.24) is 14.9 Å². The van der Waals surface area contributed by atoms with Gasteiger partial charge in [-0.3, -0.25) is 0 Å². The lowest BCUT2D eigenvalue weighted by Crippen LogP contribution is -2.10. The maximum Gasteiger partial charge on any atom is 0.0667 e. The third-order valence-electron chi connectivity index (χ3n) is 2.31. The van der Waals surface area contributed by atoms with E-state index in [0.29, 0.717) is 0 Å². The molecule has 2 rings (SSSR count). The van der Waals surface area contributed by atoms with E-state index in [1.165, 1.54) is 11.1 Å². The molecule has 3 nitrogen and oxygen atoms in total. The molecule has 2 aromatic heterocycles. The van der Waals surface area contributed by atoms with Crippen LogP contribution in [0.25, 0.3) is 5.52 Å². The predicted molar refractivity (Wildman–Crippen MR) is 57.6 cm³/mol. The number of aryl methyl sites for hydroxylation is 1. The van der Waals surface area contributed by atoms with Gasteiger partial charge < -0.3 is 5.32 Å². The number of hydrogen-bond acceptors (Lipinski definition) is 2. The van der Waals surface area contributed by atoms with Crippen LogP contribution in [0.5, 0.6) is 0 Å². The molecule has 0 spiro atoms. The number of aromatic nitrogens is 2. The van der Waals surface area contributed by atoms with Crippen LogP contribution in [0.2, 0.25) is 0 Å². The van der Waals surface area contributed by atoms with Gasteiger partial charge in [0.05, 0.1) is 11.2 Å². The van der Waals surface area contributed by atoms with Crippen molar-refractivity contribution >= 4 is 5.52 Å². The van der Waals surface area contributed by atoms with Crippen molar-refractivity contribution in [3.8, 4) is 0 Å². The zero-order valence-electron chi connectivity index (χ0n) is 8.62. The van der Waals surface area contributed by atoms with Crippen molar-refractivity contribution in [2.24, 2.45) is 0 Å². The fourth-order valence-corrected chi connectivity index (χ4v) is 1.59. The topological polar surface area (TPSA) is 29.3 Å². The quantitative estimate of drug-likeness (QED) is 0.791. The fraction of sp³-hybridized carbons (Fsp3) is 0.364. The fourth-order valence-electron chi connectivity index (χ4n) is 1.59. The number of rotatable bonds is 3. The number of fused-ring (bicyclic) bond motifs is 1. The Morgan fingerprint density at radius 3 is 3.07 bits per heavy atom. The average Bonchev–Trinajstić information content (AvgIpc) is 2.54. The normalized spacial score (nSPS) is 11.0. The first-order chi connectivity index (χ1) is 6.79. The van der Waals surface area contributed by atoms with E-state index in [4.69, 9.17) is 0 Å². The van der Waals surface area contributed by atoms with Crippen molar-refractivity contribution in [2.75, 3.05) is 13.6 Å². The number of nitrogens with zero attached hydrogens (tertiary/aromatic N) is 2. The minimum absolute atomic E-state index is 1.02. The Kier molecular flexibility index (Phi) is 2.50. The summed E-state index contributed by atoms with van der Waals surface area (Å²) in [5, 5.41) is 7.48. The molecule has 0 radical (unpaired) electrons. The van der Waals surface area contributed by atoms with Crippen LogP contribution in [0.4, 0.5) is 0 Å². The Labute approximate surface area is 83.7 Å². The molecule has 0 saturated carbocycles. The SMILES string of the molecule is CNCCc1ccn2nc(C)cc2c1. The summed E-state index contributed by atoms with van der Waals surface area (Å²) in [6.07, 6.45) is 3.09. The summed E-state index contributed by atoms with van der Waals surface area (Å²) >= 11 is 0. The summed E-state index contributed by atoms with van der Waals surface area (Å²) in [4.78, 5) is 0. The molecule has 1 N–H and O–H groups in total. The van der Waals surface area contributed by atoms with Crippen LogP contribution >= 0.6 is 0 Å². The molecule has 0 atom stereocenters. The maximum atomic E-state index is 4.34. The Balaban J connectivity index is 2.31. The molecule has 0 aliphatic carbocycles. The van der Waals surface area contributed by atoms with Gasteiger partial charge >= 0.3 is 0 Å². The minimum Gasteiger partial charge on any atom is -0.319 e. The van der Waals surface area contributed by atoms with Gasteiger partial charge in [0, 0.05) is 6.20 Å². The molecule has 74 valence electrons. The van der Waals surface area contributed by atoms with Crippen molar-refractivity contribution in [2.45, 2.75) is 13.3 Å². The van der Waals surface area contributed by atoms with Crippen LogP contribution in [-0.4, -0.2) is 23.2 Å². The highest BCUT2D eigenvalue weighted by Crippen LogP contribution is 2.09. The van der Waals surface area contributed by atoms with E-state index in [0.717, 1.165) is 18.7 Å². The molecule has 2 aromatic rings. The lowest BCUT2D eigenvalue weighted by atomic mass is 10.2. The monoisotopic (exact) mass is 189 g/mol. The largest absolute Gasteiger partial charge is 0.319 e. The number of likely N-dealkylation sites (N-methyl/N-ethyl adjacent to an activating group) is 1. The van der Waals surface area contributed by atoms with Crippen molar-refractivity contribution in [3.05, 3.63) is 35.7 Å². The van der Waals surface area contributed by atoms with Gasteiger partial charge in [-0.05, 0) is 50.7 Å². The van der Waals surface area contributed by atoms with Crippen molar-refractivity contribution < 1.29 is 0 Å². The van der Waals surface area contributed by atoms with Crippen molar-refractivity contribution in [1.29, 1.82) is 0 Å². The Bertz CT molecular complexity index is 431. The van der Waals surface area contributed by atoms with Gasteiger partial charge in [0.2, 0.25) is 0 Å². The molecular formula is C11H15N3. The molecule has 0 fully saturated rings. The van der Waals surface area contributed by atoms with Crippen LogP contribution in [-0.2, 0) is 6.42 Å². The first-order valence-corrected chi connectivity index (χ1v) is 4.89. The number of pyridine rings is 1. The lowest BCUT2D eigenvalue weighted by molar-refractivity contribution is 0.789. The second kappa shape index (κ2) is 3.80. The van der Waals surface area contributed by atoms with E-state index < -0.39 is 0 Å². The number of nitrogens with one attached hydrogen (secondary N) is 1. The summed E-state index contributed by atoms with van der Waals surface area (Å²) in [5.41, 5.74) is 3.60. The predicted octanol–water partition coefficient (Wildman–Crippen LogP) is 1.40. The smallest absolute Gasteiger partial charge is 0.0667 e. The van der Waals surface area contributed by atoms with Crippen LogP contribution < -0.4 is 5.32 Å². The molecule has 0 amide bonds. The standard InChI is InChI=1S/C11H15N3/c1-9-7-11-8-10(3-5-12-2)4-6-14(11)13-9/h4,6-8,12H,3,5H2,1-2H3. The van der Waals surface area contributed by atoms with Gasteiger partial charge in [-0.25, -0.2) is 4.52 Å². The van der Waals surface area contributed by atoms with E-state index >= 15 is 0 Å². The highest BCUT2D eigenvalue weighted by molar-refractivity contribution is 5.49. The highest BCUT2D eigenvalue weighted by Gasteiger charge is 1.98. The van der Waals surface area contributed by atoms with E-state index in [1.807, 2.05) is 24.7 Å². The van der Waals surface area contributed by atoms with E-state index in [2.05, 4.69) is 28.6 Å². The Morgan fingerprint density at radius 2 is 2.29 bits per heavy atom. The maximum absolute atomic E-state index is 4.34. The van der Waals surface area contributed by atoms with Gasteiger partial charge in [0.15, 0.2) is 0 Å². The van der Waals surface area contributed by atoms with Gasteiger partial charge in [-0.15, -0.1) is 0 Å². The van der Waals surface area contributed by atoms with Crippen LogP contribution in [0, 0.1) is 6.92 Å². The average molecular weight is 189 g/mol. The summed E-state index contributed by atoms with van der Waals surface area (Å²) < 4.78 is 1.91. The molecule has 0 saturated heterocycles.